The Bertz CT molecular complexity index is 780. The fourth-order valence-electron chi connectivity index (χ4n) is 1.75. The van der Waals surface area contributed by atoms with Gasteiger partial charge in [-0.1, -0.05) is 35.0 Å². The highest BCUT2D eigenvalue weighted by molar-refractivity contribution is 7.86. The Morgan fingerprint density at radius 3 is 2.41 bits per heavy atom. The molecule has 0 aliphatic rings. The minimum absolute atomic E-state index is 0.0697. The van der Waals surface area contributed by atoms with E-state index in [-0.39, 0.29) is 4.90 Å². The van der Waals surface area contributed by atoms with E-state index in [0.29, 0.717) is 11.5 Å². The van der Waals surface area contributed by atoms with Crippen LogP contribution in [0.25, 0.3) is 0 Å². The van der Waals surface area contributed by atoms with E-state index in [4.69, 9.17) is 9.02 Å². The molecule has 0 spiro atoms. The molecule has 5 nitrogen and oxygen atoms in total. The third-order valence-corrected chi connectivity index (χ3v) is 4.19. The van der Waals surface area contributed by atoms with E-state index in [1.807, 2.05) is 6.92 Å². The van der Waals surface area contributed by atoms with Crippen LogP contribution >= 0.6 is 0 Å². The molecule has 0 saturated carbocycles. The molecule has 22 heavy (non-hydrogen) atoms. The van der Waals surface area contributed by atoms with Gasteiger partial charge in [-0.05, 0) is 38.1 Å². The smallest absolute Gasteiger partial charge is 0.358 e. The molecule has 116 valence electrons. The Balaban J connectivity index is 2.20. The summed E-state index contributed by atoms with van der Waals surface area (Å²) in [5, 5.41) is 3.71. The van der Waals surface area contributed by atoms with Gasteiger partial charge in [0.2, 0.25) is 0 Å². The average molecular weight is 319 g/mol. The van der Waals surface area contributed by atoms with E-state index in [9.17, 15) is 8.42 Å². The molecular formula is C16H17NO4S. The van der Waals surface area contributed by atoms with Gasteiger partial charge >= 0.3 is 10.1 Å². The number of methoxy groups -OCH3 is 1. The van der Waals surface area contributed by atoms with Crippen LogP contribution in [-0.2, 0) is 14.4 Å². The Kier molecular flexibility index (Phi) is 4.82. The first-order valence-electron chi connectivity index (χ1n) is 6.62. The molecule has 0 N–H and O–H groups in total. The zero-order valence-electron chi connectivity index (χ0n) is 12.6. The van der Waals surface area contributed by atoms with Crippen molar-refractivity contribution in [3.8, 4) is 5.75 Å². The standard InChI is InChI=1S/C16H17NO4S/c1-12-7-9-16(10-8-12)22(18,19)21-17-13(2)14-5-4-6-15(11-14)20-3/h4-11H,1-3H3/b17-13-. The lowest BCUT2D eigenvalue weighted by Gasteiger charge is -2.05. The first-order valence-corrected chi connectivity index (χ1v) is 8.02. The van der Waals surface area contributed by atoms with Gasteiger partial charge in [0, 0.05) is 5.56 Å². The molecule has 6 heteroatoms. The van der Waals surface area contributed by atoms with E-state index in [1.165, 1.54) is 12.1 Å². The van der Waals surface area contributed by atoms with Crippen LogP contribution in [0.15, 0.2) is 58.6 Å². The van der Waals surface area contributed by atoms with Crippen LogP contribution in [0.4, 0.5) is 0 Å². The Labute approximate surface area is 130 Å². The molecule has 2 aromatic carbocycles. The summed E-state index contributed by atoms with van der Waals surface area (Å²) >= 11 is 0. The number of hydrogen-bond donors (Lipinski definition) is 0. The molecule has 2 aromatic rings. The van der Waals surface area contributed by atoms with Crippen molar-refractivity contribution in [1.82, 2.24) is 0 Å². The highest BCUT2D eigenvalue weighted by Crippen LogP contribution is 2.16. The van der Waals surface area contributed by atoms with Crippen molar-refractivity contribution in [2.45, 2.75) is 18.7 Å². The number of rotatable bonds is 5. The summed E-state index contributed by atoms with van der Waals surface area (Å²) in [5.74, 6) is 0.661. The topological polar surface area (TPSA) is 65.0 Å². The fourth-order valence-corrected chi connectivity index (χ4v) is 2.52. The van der Waals surface area contributed by atoms with Crippen molar-refractivity contribution in [3.05, 3.63) is 59.7 Å². The van der Waals surface area contributed by atoms with Gasteiger partial charge < -0.3 is 4.74 Å². The van der Waals surface area contributed by atoms with Gasteiger partial charge in [-0.3, -0.25) is 4.28 Å². The minimum Gasteiger partial charge on any atom is -0.497 e. The molecule has 0 unspecified atom stereocenters. The lowest BCUT2D eigenvalue weighted by Crippen LogP contribution is -2.05. The second-order valence-electron chi connectivity index (χ2n) is 4.75. The minimum atomic E-state index is -3.91. The average Bonchev–Trinajstić information content (AvgIpc) is 2.53. The van der Waals surface area contributed by atoms with Crippen LogP contribution in [-0.4, -0.2) is 21.2 Å². The zero-order valence-corrected chi connectivity index (χ0v) is 13.4. The summed E-state index contributed by atoms with van der Waals surface area (Å²) in [7, 11) is -2.36. The van der Waals surface area contributed by atoms with E-state index < -0.39 is 10.1 Å². The van der Waals surface area contributed by atoms with Crippen molar-refractivity contribution in [3.63, 3.8) is 0 Å². The molecular weight excluding hydrogens is 302 g/mol. The maximum Gasteiger partial charge on any atom is 0.358 e. The SMILES string of the molecule is COc1cccc(/C(C)=N\OS(=O)(=O)c2ccc(C)cc2)c1. The van der Waals surface area contributed by atoms with Crippen LogP contribution in [0.3, 0.4) is 0 Å². The fraction of sp³-hybridized carbons (Fsp3) is 0.188. The largest absolute Gasteiger partial charge is 0.497 e. The van der Waals surface area contributed by atoms with Crippen molar-refractivity contribution < 1.29 is 17.4 Å². The monoisotopic (exact) mass is 319 g/mol. The van der Waals surface area contributed by atoms with Crippen LogP contribution in [0.5, 0.6) is 5.75 Å². The molecule has 0 radical (unpaired) electrons. The highest BCUT2D eigenvalue weighted by Gasteiger charge is 2.15. The molecule has 0 saturated heterocycles. The van der Waals surface area contributed by atoms with E-state index in [1.54, 1.807) is 50.4 Å². The highest BCUT2D eigenvalue weighted by atomic mass is 32.2. The van der Waals surface area contributed by atoms with Crippen LogP contribution < -0.4 is 4.74 Å². The Morgan fingerprint density at radius 1 is 1.09 bits per heavy atom. The predicted molar refractivity (Wildman–Crippen MR) is 84.7 cm³/mol. The van der Waals surface area contributed by atoms with Gasteiger partial charge in [0.15, 0.2) is 0 Å². The third kappa shape index (κ3) is 3.85. The summed E-state index contributed by atoms with van der Waals surface area (Å²) < 4.78 is 34.0. The molecule has 0 fully saturated rings. The summed E-state index contributed by atoms with van der Waals surface area (Å²) in [4.78, 5) is 0.0697. The van der Waals surface area contributed by atoms with Crippen molar-refractivity contribution in [1.29, 1.82) is 0 Å². The first-order chi connectivity index (χ1) is 10.4. The number of nitrogens with zero attached hydrogens (tertiary/aromatic N) is 1. The van der Waals surface area contributed by atoms with Gasteiger partial charge in [0.25, 0.3) is 0 Å². The molecule has 0 heterocycles. The predicted octanol–water partition coefficient (Wildman–Crippen LogP) is 3.13. The molecule has 0 aliphatic heterocycles. The van der Waals surface area contributed by atoms with E-state index in [0.717, 1.165) is 11.1 Å². The van der Waals surface area contributed by atoms with Gasteiger partial charge in [0.05, 0.1) is 12.8 Å². The molecule has 0 amide bonds. The normalized spacial score (nSPS) is 12.0. The summed E-state index contributed by atoms with van der Waals surface area (Å²) in [5.41, 5.74) is 2.13. The summed E-state index contributed by atoms with van der Waals surface area (Å²) in [6, 6.07) is 13.5. The van der Waals surface area contributed by atoms with Crippen molar-refractivity contribution in [2.24, 2.45) is 5.16 Å². The second kappa shape index (κ2) is 6.62. The zero-order chi connectivity index (χ0) is 16.2. The first kappa shape index (κ1) is 16.0. The lowest BCUT2D eigenvalue weighted by atomic mass is 10.1. The van der Waals surface area contributed by atoms with E-state index >= 15 is 0 Å². The maximum absolute atomic E-state index is 12.0. The van der Waals surface area contributed by atoms with Crippen molar-refractivity contribution >= 4 is 15.8 Å². The maximum atomic E-state index is 12.0. The molecule has 0 aromatic heterocycles. The Hall–Kier alpha value is -2.34. The van der Waals surface area contributed by atoms with Crippen LogP contribution in [0, 0.1) is 6.92 Å². The molecule has 2 rings (SSSR count). The number of hydrogen-bond acceptors (Lipinski definition) is 5. The van der Waals surface area contributed by atoms with Gasteiger partial charge in [-0.2, -0.15) is 8.42 Å². The van der Waals surface area contributed by atoms with Gasteiger partial charge in [-0.15, -0.1) is 0 Å². The van der Waals surface area contributed by atoms with Crippen molar-refractivity contribution in [2.75, 3.05) is 7.11 Å². The summed E-state index contributed by atoms with van der Waals surface area (Å²) in [6.45, 7) is 3.54. The number of aryl methyl sites for hydroxylation is 1. The second-order valence-corrected chi connectivity index (χ2v) is 6.28. The van der Waals surface area contributed by atoms with Gasteiger partial charge in [0.1, 0.15) is 10.6 Å². The molecule has 0 atom stereocenters. The van der Waals surface area contributed by atoms with Crippen LogP contribution in [0.2, 0.25) is 0 Å². The summed E-state index contributed by atoms with van der Waals surface area (Å²) in [6.07, 6.45) is 0. The number of oxime groups is 1. The van der Waals surface area contributed by atoms with Gasteiger partial charge in [-0.25, -0.2) is 0 Å². The Morgan fingerprint density at radius 2 is 1.77 bits per heavy atom. The molecule has 0 aliphatic carbocycles. The van der Waals surface area contributed by atoms with E-state index in [2.05, 4.69) is 5.16 Å². The quantitative estimate of drug-likeness (QED) is 0.627. The molecule has 0 bridgehead atoms. The number of ether oxygens (including phenoxy) is 1. The van der Waals surface area contributed by atoms with Crippen LogP contribution in [0.1, 0.15) is 18.1 Å². The number of benzene rings is 2. The third-order valence-electron chi connectivity index (χ3n) is 3.07. The lowest BCUT2D eigenvalue weighted by molar-refractivity contribution is 0.338.